The van der Waals surface area contributed by atoms with E-state index < -0.39 is 35.5 Å². The molecule has 0 spiro atoms. The van der Waals surface area contributed by atoms with E-state index in [1.165, 1.54) is 6.07 Å². The van der Waals surface area contributed by atoms with E-state index in [-0.39, 0.29) is 36.5 Å². The van der Waals surface area contributed by atoms with E-state index in [1.807, 2.05) is 20.8 Å². The lowest BCUT2D eigenvalue weighted by Gasteiger charge is -2.38. The summed E-state index contributed by atoms with van der Waals surface area (Å²) in [5, 5.41) is 2.44. The number of carbonyl (C=O) groups is 3. The van der Waals surface area contributed by atoms with E-state index in [4.69, 9.17) is 10.5 Å². The molecule has 194 valence electrons. The Morgan fingerprint density at radius 1 is 1.26 bits per heavy atom. The summed E-state index contributed by atoms with van der Waals surface area (Å²) in [5.41, 5.74) is 3.84. The maximum absolute atomic E-state index is 13.9. The molecule has 2 aliphatic rings. The van der Waals surface area contributed by atoms with Crippen LogP contribution in [0.15, 0.2) is 18.2 Å². The number of morpholine rings is 1. The second-order valence-corrected chi connectivity index (χ2v) is 10.4. The molecule has 11 heteroatoms. The highest BCUT2D eigenvalue weighted by atomic mass is 19.4. The average Bonchev–Trinajstić information content (AvgIpc) is 2.69. The predicted molar refractivity (Wildman–Crippen MR) is 125 cm³/mol. The van der Waals surface area contributed by atoms with Crippen molar-refractivity contribution in [1.29, 1.82) is 0 Å². The van der Waals surface area contributed by atoms with Gasteiger partial charge in [-0.25, -0.2) is 0 Å². The Morgan fingerprint density at radius 2 is 1.94 bits per heavy atom. The Balaban J connectivity index is 1.87. The smallest absolute Gasteiger partial charge is 0.370 e. The second kappa shape index (κ2) is 10.5. The van der Waals surface area contributed by atoms with Crippen molar-refractivity contribution in [3.63, 3.8) is 0 Å². The molecular weight excluding hydrogens is 465 g/mol. The summed E-state index contributed by atoms with van der Waals surface area (Å²) in [6.45, 7) is 6.63. The highest BCUT2D eigenvalue weighted by Crippen LogP contribution is 2.39. The van der Waals surface area contributed by atoms with Gasteiger partial charge in [0, 0.05) is 25.3 Å². The van der Waals surface area contributed by atoms with Gasteiger partial charge < -0.3 is 20.7 Å². The molecule has 0 unspecified atom stereocenters. The maximum atomic E-state index is 13.9. The summed E-state index contributed by atoms with van der Waals surface area (Å²) in [7, 11) is 0. The average molecular weight is 499 g/mol. The van der Waals surface area contributed by atoms with Crippen molar-refractivity contribution >= 4 is 29.1 Å². The standard InChI is InChI=1S/C24H33F3N4O4/c1-23(2,3)14-30(12-15-5-4-6-15)20(21(28)33)22(34)29-16-7-8-18(17(11-16)24(25,26)27)31-9-10-35-13-19(31)32/h7-8,11,15,20H,4-6,9-10,12-14H2,1-3H3,(H2,28,33)(H,29,34)/t20-/m0/s1. The number of alkyl halides is 3. The van der Waals surface area contributed by atoms with E-state index in [0.717, 1.165) is 36.3 Å². The van der Waals surface area contributed by atoms with Crippen molar-refractivity contribution < 1.29 is 32.3 Å². The van der Waals surface area contributed by atoms with Crippen LogP contribution in [0.2, 0.25) is 0 Å². The molecule has 1 aromatic carbocycles. The maximum Gasteiger partial charge on any atom is 0.418 e. The summed E-state index contributed by atoms with van der Waals surface area (Å²) in [4.78, 5) is 40.4. The highest BCUT2D eigenvalue weighted by molar-refractivity contribution is 6.09. The van der Waals surface area contributed by atoms with Crippen molar-refractivity contribution in [2.45, 2.75) is 52.3 Å². The Kier molecular flexibility index (Phi) is 8.10. The number of hydrogen-bond donors (Lipinski definition) is 2. The van der Waals surface area contributed by atoms with Gasteiger partial charge >= 0.3 is 6.18 Å². The zero-order valence-electron chi connectivity index (χ0n) is 20.3. The number of nitrogens with one attached hydrogen (secondary N) is 1. The first-order valence-corrected chi connectivity index (χ1v) is 11.7. The number of nitrogens with two attached hydrogens (primary N) is 1. The van der Waals surface area contributed by atoms with Gasteiger partial charge in [-0.05, 0) is 42.4 Å². The van der Waals surface area contributed by atoms with Crippen LogP contribution in [0.1, 0.15) is 45.6 Å². The van der Waals surface area contributed by atoms with Gasteiger partial charge in [0.25, 0.3) is 11.8 Å². The van der Waals surface area contributed by atoms with Crippen LogP contribution in [0.4, 0.5) is 24.5 Å². The fraction of sp³-hybridized carbons (Fsp3) is 0.625. The topological polar surface area (TPSA) is 105 Å². The second-order valence-electron chi connectivity index (χ2n) is 10.4. The molecule has 1 aromatic rings. The predicted octanol–water partition coefficient (Wildman–Crippen LogP) is 3.01. The van der Waals surface area contributed by atoms with Gasteiger partial charge in [-0.1, -0.05) is 27.2 Å². The molecule has 1 saturated heterocycles. The quantitative estimate of drug-likeness (QED) is 0.536. The summed E-state index contributed by atoms with van der Waals surface area (Å²) < 4.78 is 46.6. The monoisotopic (exact) mass is 498 g/mol. The first-order chi connectivity index (χ1) is 16.3. The van der Waals surface area contributed by atoms with Gasteiger partial charge in [0.2, 0.25) is 5.91 Å². The fourth-order valence-corrected chi connectivity index (χ4v) is 4.41. The van der Waals surface area contributed by atoms with E-state index >= 15 is 0 Å². The summed E-state index contributed by atoms with van der Waals surface area (Å²) >= 11 is 0. The molecule has 1 heterocycles. The third-order valence-corrected chi connectivity index (χ3v) is 6.12. The zero-order valence-corrected chi connectivity index (χ0v) is 20.3. The van der Waals surface area contributed by atoms with Gasteiger partial charge in [0.15, 0.2) is 6.04 Å². The van der Waals surface area contributed by atoms with Crippen molar-refractivity contribution in [3.05, 3.63) is 23.8 Å². The number of anilines is 2. The van der Waals surface area contributed by atoms with Crippen LogP contribution in [0.25, 0.3) is 0 Å². The zero-order chi connectivity index (χ0) is 26.0. The lowest BCUT2D eigenvalue weighted by Crippen LogP contribution is -2.55. The molecular formula is C24H33F3N4O4. The summed E-state index contributed by atoms with van der Waals surface area (Å²) in [6.07, 6.45) is -1.71. The number of rotatable bonds is 8. The normalized spacial score (nSPS) is 18.4. The van der Waals surface area contributed by atoms with E-state index in [9.17, 15) is 27.6 Å². The lowest BCUT2D eigenvalue weighted by molar-refractivity contribution is -0.138. The number of primary amides is 1. The molecule has 8 nitrogen and oxygen atoms in total. The molecule has 3 amide bonds. The SMILES string of the molecule is CC(C)(C)CN(CC1CCC1)[C@@H](C(N)=O)C(=O)Nc1ccc(N2CCOCC2=O)c(C(F)(F)F)c1. The molecule has 1 aliphatic carbocycles. The van der Waals surface area contributed by atoms with Crippen LogP contribution in [-0.4, -0.2) is 61.5 Å². The Hall–Kier alpha value is -2.66. The van der Waals surface area contributed by atoms with Crippen LogP contribution in [0, 0.1) is 11.3 Å². The first-order valence-electron chi connectivity index (χ1n) is 11.7. The molecule has 3 N–H and O–H groups in total. The largest absolute Gasteiger partial charge is 0.418 e. The minimum Gasteiger partial charge on any atom is -0.370 e. The van der Waals surface area contributed by atoms with Crippen LogP contribution in [0.3, 0.4) is 0 Å². The van der Waals surface area contributed by atoms with Crippen LogP contribution in [0.5, 0.6) is 0 Å². The Morgan fingerprint density at radius 3 is 2.46 bits per heavy atom. The molecule has 35 heavy (non-hydrogen) atoms. The number of amides is 3. The summed E-state index contributed by atoms with van der Waals surface area (Å²) in [5.74, 6) is -1.89. The molecule has 2 fully saturated rings. The number of carbonyl (C=O) groups excluding carboxylic acids is 3. The Labute approximate surface area is 202 Å². The molecule has 0 aromatic heterocycles. The fourth-order valence-electron chi connectivity index (χ4n) is 4.41. The Bertz CT molecular complexity index is 957. The van der Waals surface area contributed by atoms with Gasteiger partial charge in [0.05, 0.1) is 17.9 Å². The summed E-state index contributed by atoms with van der Waals surface area (Å²) in [6, 6.07) is 1.86. The number of halogens is 3. The van der Waals surface area contributed by atoms with Crippen molar-refractivity contribution in [1.82, 2.24) is 4.90 Å². The van der Waals surface area contributed by atoms with Crippen molar-refractivity contribution in [2.75, 3.05) is 43.1 Å². The van der Waals surface area contributed by atoms with Crippen LogP contribution in [-0.2, 0) is 25.3 Å². The molecule has 0 bridgehead atoms. The first kappa shape index (κ1) is 26.9. The van der Waals surface area contributed by atoms with Gasteiger partial charge in [-0.3, -0.25) is 19.3 Å². The number of hydrogen-bond acceptors (Lipinski definition) is 5. The molecule has 1 atom stereocenters. The highest BCUT2D eigenvalue weighted by Gasteiger charge is 2.39. The third-order valence-electron chi connectivity index (χ3n) is 6.12. The van der Waals surface area contributed by atoms with Crippen molar-refractivity contribution in [2.24, 2.45) is 17.1 Å². The lowest BCUT2D eigenvalue weighted by atomic mass is 9.84. The van der Waals surface area contributed by atoms with Crippen molar-refractivity contribution in [3.8, 4) is 0 Å². The number of nitrogens with zero attached hydrogens (tertiary/aromatic N) is 2. The van der Waals surface area contributed by atoms with E-state index in [1.54, 1.807) is 4.90 Å². The minimum atomic E-state index is -4.78. The van der Waals surface area contributed by atoms with E-state index in [2.05, 4.69) is 5.32 Å². The third kappa shape index (κ3) is 6.94. The molecule has 3 rings (SSSR count). The van der Waals surface area contributed by atoms with E-state index in [0.29, 0.717) is 19.0 Å². The molecule has 0 radical (unpaired) electrons. The minimum absolute atomic E-state index is 0.0136. The van der Waals surface area contributed by atoms with Gasteiger partial charge in [-0.15, -0.1) is 0 Å². The molecule has 1 saturated carbocycles. The van der Waals surface area contributed by atoms with Crippen LogP contribution >= 0.6 is 0 Å². The number of benzene rings is 1. The van der Waals surface area contributed by atoms with Gasteiger partial charge in [-0.2, -0.15) is 13.2 Å². The van der Waals surface area contributed by atoms with Crippen LogP contribution < -0.4 is 16.0 Å². The van der Waals surface area contributed by atoms with Gasteiger partial charge in [0.1, 0.15) is 6.61 Å². The molecule has 1 aliphatic heterocycles. The number of ether oxygens (including phenoxy) is 1.